The van der Waals surface area contributed by atoms with Crippen LogP contribution in [0.2, 0.25) is 0 Å². The maximum absolute atomic E-state index is 11.9. The number of aryl methyl sites for hydroxylation is 1. The summed E-state index contributed by atoms with van der Waals surface area (Å²) < 4.78 is 3.41. The summed E-state index contributed by atoms with van der Waals surface area (Å²) in [4.78, 5) is 23.4. The fraction of sp³-hybridized carbons (Fsp3) is 0.667. The van der Waals surface area contributed by atoms with Crippen LogP contribution in [0.4, 0.5) is 0 Å². The van der Waals surface area contributed by atoms with Crippen LogP contribution in [0.1, 0.15) is 38.1 Å². The molecule has 1 amide bonds. The van der Waals surface area contributed by atoms with Crippen LogP contribution >= 0.6 is 0 Å². The summed E-state index contributed by atoms with van der Waals surface area (Å²) in [6.07, 6.45) is 8.42. The van der Waals surface area contributed by atoms with Crippen molar-refractivity contribution in [2.45, 2.75) is 50.7 Å². The molecule has 1 aromatic rings. The molecular weight excluding hydrogens is 218 g/mol. The van der Waals surface area contributed by atoms with Crippen molar-refractivity contribution in [2.24, 2.45) is 0 Å². The summed E-state index contributed by atoms with van der Waals surface area (Å²) in [5.74, 6) is 0.0542. The van der Waals surface area contributed by atoms with Crippen molar-refractivity contribution >= 4 is 5.91 Å². The van der Waals surface area contributed by atoms with E-state index in [1.165, 1.54) is 0 Å². The van der Waals surface area contributed by atoms with Gasteiger partial charge in [-0.15, -0.1) is 0 Å². The van der Waals surface area contributed by atoms with Crippen LogP contribution in [0.3, 0.4) is 0 Å². The summed E-state index contributed by atoms with van der Waals surface area (Å²) in [6.45, 7) is 0.483. The molecule has 0 aromatic carbocycles. The Bertz CT molecular complexity index is 480. The topological polar surface area (TPSA) is 56.0 Å². The van der Waals surface area contributed by atoms with Crippen LogP contribution in [0.15, 0.2) is 17.2 Å². The normalized spacial score (nSPS) is 19.3. The van der Waals surface area contributed by atoms with E-state index in [-0.39, 0.29) is 11.6 Å². The van der Waals surface area contributed by atoms with Crippen molar-refractivity contribution in [1.29, 1.82) is 0 Å². The van der Waals surface area contributed by atoms with Gasteiger partial charge in [-0.05, 0) is 25.7 Å². The molecule has 0 aliphatic heterocycles. The van der Waals surface area contributed by atoms with E-state index in [4.69, 9.17) is 0 Å². The summed E-state index contributed by atoms with van der Waals surface area (Å²) in [7, 11) is 0. The van der Waals surface area contributed by atoms with Gasteiger partial charge in [0.25, 0.3) is 0 Å². The summed E-state index contributed by atoms with van der Waals surface area (Å²) in [5.41, 5.74) is 0.0201. The van der Waals surface area contributed by atoms with Gasteiger partial charge in [-0.1, -0.05) is 0 Å². The van der Waals surface area contributed by atoms with Gasteiger partial charge >= 0.3 is 5.69 Å². The molecule has 2 aliphatic rings. The van der Waals surface area contributed by atoms with Crippen LogP contribution in [-0.2, 0) is 11.3 Å². The van der Waals surface area contributed by atoms with Crippen LogP contribution in [0, 0.1) is 0 Å². The van der Waals surface area contributed by atoms with Gasteiger partial charge in [0.2, 0.25) is 5.91 Å². The number of rotatable bonds is 5. The molecule has 17 heavy (non-hydrogen) atoms. The first kappa shape index (κ1) is 10.6. The van der Waals surface area contributed by atoms with Gasteiger partial charge in [-0.3, -0.25) is 13.9 Å². The Morgan fingerprint density at radius 1 is 1.29 bits per heavy atom. The third-order valence-electron chi connectivity index (χ3n) is 3.34. The van der Waals surface area contributed by atoms with Gasteiger partial charge in [0.05, 0.1) is 0 Å². The molecule has 1 N–H and O–H groups in total. The third-order valence-corrected chi connectivity index (χ3v) is 3.34. The highest BCUT2D eigenvalue weighted by molar-refractivity contribution is 5.76. The number of carbonyl (C=O) groups excluding carboxylic acids is 1. The second kappa shape index (κ2) is 4.05. The van der Waals surface area contributed by atoms with Crippen LogP contribution in [0.25, 0.3) is 0 Å². The Hall–Kier alpha value is -1.52. The summed E-state index contributed by atoms with van der Waals surface area (Å²) in [6, 6.07) is 0.805. The lowest BCUT2D eigenvalue weighted by Gasteiger charge is -2.03. The fourth-order valence-electron chi connectivity index (χ4n) is 1.98. The predicted molar refractivity (Wildman–Crippen MR) is 62.7 cm³/mol. The van der Waals surface area contributed by atoms with Crippen molar-refractivity contribution in [3.63, 3.8) is 0 Å². The number of carbonyl (C=O) groups is 1. The smallest absolute Gasteiger partial charge is 0.328 e. The van der Waals surface area contributed by atoms with E-state index in [0.29, 0.717) is 25.0 Å². The number of hydrogen-bond donors (Lipinski definition) is 1. The van der Waals surface area contributed by atoms with Crippen molar-refractivity contribution < 1.29 is 4.79 Å². The first-order valence-electron chi connectivity index (χ1n) is 6.30. The fourth-order valence-corrected chi connectivity index (χ4v) is 1.98. The van der Waals surface area contributed by atoms with Crippen molar-refractivity contribution in [3.05, 3.63) is 22.9 Å². The lowest BCUT2D eigenvalue weighted by Crippen LogP contribution is -2.29. The van der Waals surface area contributed by atoms with Crippen LogP contribution < -0.4 is 11.0 Å². The van der Waals surface area contributed by atoms with Crippen molar-refractivity contribution in [2.75, 3.05) is 0 Å². The van der Waals surface area contributed by atoms with E-state index >= 15 is 0 Å². The molecular formula is C12H17N3O2. The molecule has 2 fully saturated rings. The van der Waals surface area contributed by atoms with E-state index in [2.05, 4.69) is 5.32 Å². The zero-order valence-electron chi connectivity index (χ0n) is 9.76. The van der Waals surface area contributed by atoms with E-state index in [9.17, 15) is 9.59 Å². The standard InChI is InChI=1S/C12H17N3O2/c16-11(13-9-1-2-9)5-6-14-7-8-15(12(14)17)10-3-4-10/h7-10H,1-6H2,(H,13,16). The van der Waals surface area contributed by atoms with E-state index in [1.54, 1.807) is 15.3 Å². The molecule has 2 saturated carbocycles. The van der Waals surface area contributed by atoms with Gasteiger partial charge < -0.3 is 5.32 Å². The van der Waals surface area contributed by atoms with Crippen LogP contribution in [0.5, 0.6) is 0 Å². The maximum atomic E-state index is 11.9. The van der Waals surface area contributed by atoms with E-state index in [1.807, 2.05) is 6.20 Å². The van der Waals surface area contributed by atoms with E-state index in [0.717, 1.165) is 25.7 Å². The lowest BCUT2D eigenvalue weighted by molar-refractivity contribution is -0.121. The molecule has 1 heterocycles. The molecule has 92 valence electrons. The SMILES string of the molecule is O=C(CCn1ccn(C2CC2)c1=O)NC1CC1. The van der Waals surface area contributed by atoms with E-state index < -0.39 is 0 Å². The zero-order valence-corrected chi connectivity index (χ0v) is 9.76. The Morgan fingerprint density at radius 2 is 2.06 bits per heavy atom. The minimum Gasteiger partial charge on any atom is -0.353 e. The summed E-state index contributed by atoms with van der Waals surface area (Å²) in [5, 5.41) is 2.92. The molecule has 1 aromatic heterocycles. The number of amides is 1. The molecule has 0 spiro atoms. The highest BCUT2D eigenvalue weighted by Gasteiger charge is 2.26. The zero-order chi connectivity index (χ0) is 11.8. The number of nitrogens with one attached hydrogen (secondary N) is 1. The predicted octanol–water partition coefficient (Wildman–Crippen LogP) is 0.653. The first-order chi connectivity index (χ1) is 8.24. The number of imidazole rings is 1. The highest BCUT2D eigenvalue weighted by atomic mass is 16.2. The van der Waals surface area contributed by atoms with Crippen molar-refractivity contribution in [1.82, 2.24) is 14.5 Å². The quantitative estimate of drug-likeness (QED) is 0.814. The highest BCUT2D eigenvalue weighted by Crippen LogP contribution is 2.33. The molecule has 0 radical (unpaired) electrons. The Labute approximate surface area is 99.4 Å². The van der Waals surface area contributed by atoms with Gasteiger partial charge in [0.1, 0.15) is 0 Å². The molecule has 0 saturated heterocycles. The largest absolute Gasteiger partial charge is 0.353 e. The second-order valence-electron chi connectivity index (χ2n) is 5.00. The molecule has 5 heteroatoms. The number of nitrogens with zero attached hydrogens (tertiary/aromatic N) is 2. The van der Waals surface area contributed by atoms with Gasteiger partial charge in [0, 0.05) is 37.4 Å². The van der Waals surface area contributed by atoms with Gasteiger partial charge in [0.15, 0.2) is 0 Å². The van der Waals surface area contributed by atoms with Crippen molar-refractivity contribution in [3.8, 4) is 0 Å². The minimum absolute atomic E-state index is 0.0201. The third kappa shape index (κ3) is 2.43. The minimum atomic E-state index is 0.0201. The Kier molecular flexibility index (Phi) is 2.53. The summed E-state index contributed by atoms with van der Waals surface area (Å²) >= 11 is 0. The average molecular weight is 235 g/mol. The lowest BCUT2D eigenvalue weighted by atomic mass is 10.4. The van der Waals surface area contributed by atoms with Gasteiger partial charge in [-0.2, -0.15) is 0 Å². The molecule has 0 atom stereocenters. The molecule has 2 aliphatic carbocycles. The maximum Gasteiger partial charge on any atom is 0.328 e. The molecule has 0 bridgehead atoms. The van der Waals surface area contributed by atoms with Crippen LogP contribution in [-0.4, -0.2) is 21.1 Å². The monoisotopic (exact) mass is 235 g/mol. The average Bonchev–Trinajstić information content (AvgIpc) is 3.18. The Balaban J connectivity index is 1.56. The molecule has 5 nitrogen and oxygen atoms in total. The molecule has 0 unspecified atom stereocenters. The first-order valence-corrected chi connectivity index (χ1v) is 6.30. The second-order valence-corrected chi connectivity index (χ2v) is 5.00. The Morgan fingerprint density at radius 3 is 2.71 bits per heavy atom. The number of hydrogen-bond acceptors (Lipinski definition) is 2. The number of aromatic nitrogens is 2. The molecule has 3 rings (SSSR count). The van der Waals surface area contributed by atoms with Gasteiger partial charge in [-0.25, -0.2) is 4.79 Å².